The third-order valence-electron chi connectivity index (χ3n) is 4.84. The first-order valence-electron chi connectivity index (χ1n) is 9.50. The van der Waals surface area contributed by atoms with Gasteiger partial charge < -0.3 is 14.5 Å². The lowest BCUT2D eigenvalue weighted by atomic mass is 9.96. The number of rotatable bonds is 4. The number of carbonyl (C=O) groups is 1. The predicted molar refractivity (Wildman–Crippen MR) is 111 cm³/mol. The lowest BCUT2D eigenvalue weighted by Gasteiger charge is -2.24. The minimum atomic E-state index is -0.765. The van der Waals surface area contributed by atoms with E-state index in [-0.39, 0.29) is 5.91 Å². The summed E-state index contributed by atoms with van der Waals surface area (Å²) >= 11 is 5.23. The van der Waals surface area contributed by atoms with Crippen LogP contribution >= 0.6 is 12.2 Å². The Hall–Kier alpha value is -2.61. The minimum Gasteiger partial charge on any atom is -0.481 e. The van der Waals surface area contributed by atoms with Crippen LogP contribution in [0.1, 0.15) is 44.6 Å². The second-order valence-corrected chi connectivity index (χ2v) is 7.50. The Bertz CT molecular complexity index is 921. The van der Waals surface area contributed by atoms with E-state index in [0.29, 0.717) is 22.5 Å². The molecule has 1 aromatic heterocycles. The molecule has 0 spiro atoms. The standard InChI is InChI=1S/C20H25N3O4S/c1-12-10-18(24)27-17-11-15(8-9-16(12)17)26-13(2)19(25)22-23-20(28)21-14-6-4-3-5-7-14/h8-11,13-14H,3-7H2,1-2H3,(H,22,25)(H2,21,23,28)/t13-/m0/s1. The van der Waals surface area contributed by atoms with Crippen molar-refractivity contribution in [1.82, 2.24) is 16.2 Å². The normalized spacial score (nSPS) is 15.6. The lowest BCUT2D eigenvalue weighted by Crippen LogP contribution is -2.52. The van der Waals surface area contributed by atoms with E-state index >= 15 is 0 Å². The van der Waals surface area contributed by atoms with Crippen molar-refractivity contribution in [3.63, 3.8) is 0 Å². The zero-order valence-corrected chi connectivity index (χ0v) is 16.9. The van der Waals surface area contributed by atoms with Crippen molar-refractivity contribution in [3.05, 3.63) is 40.2 Å². The molecule has 1 aliphatic carbocycles. The maximum absolute atomic E-state index is 12.3. The van der Waals surface area contributed by atoms with Crippen molar-refractivity contribution in [2.45, 2.75) is 58.1 Å². The molecule has 0 saturated heterocycles. The summed E-state index contributed by atoms with van der Waals surface area (Å²) in [6.45, 7) is 3.47. The van der Waals surface area contributed by atoms with Gasteiger partial charge in [-0.3, -0.25) is 15.6 Å². The highest BCUT2D eigenvalue weighted by atomic mass is 32.1. The highest BCUT2D eigenvalue weighted by molar-refractivity contribution is 7.80. The van der Waals surface area contributed by atoms with Crippen molar-refractivity contribution in [2.75, 3.05) is 0 Å². The van der Waals surface area contributed by atoms with Crippen LogP contribution in [0.5, 0.6) is 5.75 Å². The molecule has 1 saturated carbocycles. The SMILES string of the molecule is Cc1cc(=O)oc2cc(O[C@@H](C)C(=O)NNC(=S)NC3CCCCC3)ccc12. The van der Waals surface area contributed by atoms with Gasteiger partial charge in [0.2, 0.25) is 0 Å². The molecule has 8 heteroatoms. The number of hydrogen-bond donors (Lipinski definition) is 3. The Balaban J connectivity index is 1.53. The number of amides is 1. The number of ether oxygens (including phenoxy) is 1. The molecular formula is C20H25N3O4S. The van der Waals surface area contributed by atoms with Crippen molar-refractivity contribution in [1.29, 1.82) is 0 Å². The minimum absolute atomic E-state index is 0.357. The molecule has 1 heterocycles. The Kier molecular flexibility index (Phi) is 6.51. The second-order valence-electron chi connectivity index (χ2n) is 7.09. The van der Waals surface area contributed by atoms with Gasteiger partial charge in [0.1, 0.15) is 11.3 Å². The summed E-state index contributed by atoms with van der Waals surface area (Å²) < 4.78 is 10.9. The molecule has 1 aliphatic rings. The number of aryl methyl sites for hydroxylation is 1. The molecule has 1 fully saturated rings. The second kappa shape index (κ2) is 9.05. The molecule has 3 N–H and O–H groups in total. The summed E-state index contributed by atoms with van der Waals surface area (Å²) in [5.41, 5.74) is 6.11. The summed E-state index contributed by atoms with van der Waals surface area (Å²) in [6, 6.07) is 6.94. The lowest BCUT2D eigenvalue weighted by molar-refractivity contribution is -0.127. The summed E-state index contributed by atoms with van der Waals surface area (Å²) in [5, 5.41) is 4.44. The number of benzene rings is 1. The van der Waals surface area contributed by atoms with E-state index in [2.05, 4.69) is 16.2 Å². The summed E-state index contributed by atoms with van der Waals surface area (Å²) in [4.78, 5) is 23.8. The zero-order valence-electron chi connectivity index (χ0n) is 16.0. The van der Waals surface area contributed by atoms with Gasteiger partial charge in [0.25, 0.3) is 5.91 Å². The van der Waals surface area contributed by atoms with Crippen LogP contribution in [0.4, 0.5) is 0 Å². The molecule has 7 nitrogen and oxygen atoms in total. The third kappa shape index (κ3) is 5.22. The average Bonchev–Trinajstić information content (AvgIpc) is 2.66. The largest absolute Gasteiger partial charge is 0.481 e. The van der Waals surface area contributed by atoms with Crippen LogP contribution in [0.25, 0.3) is 11.0 Å². The number of carbonyl (C=O) groups excluding carboxylic acids is 1. The summed E-state index contributed by atoms with van der Waals surface area (Å²) in [7, 11) is 0. The van der Waals surface area contributed by atoms with E-state index in [9.17, 15) is 9.59 Å². The molecule has 1 amide bonds. The van der Waals surface area contributed by atoms with Crippen LogP contribution in [0.15, 0.2) is 33.5 Å². The first-order chi connectivity index (χ1) is 13.4. The van der Waals surface area contributed by atoms with E-state index in [0.717, 1.165) is 23.8 Å². The van der Waals surface area contributed by atoms with Crippen LogP contribution in [0.2, 0.25) is 0 Å². The number of hydrogen-bond acceptors (Lipinski definition) is 5. The molecule has 0 unspecified atom stereocenters. The van der Waals surface area contributed by atoms with Crippen LogP contribution in [-0.2, 0) is 4.79 Å². The Morgan fingerprint density at radius 3 is 2.71 bits per heavy atom. The third-order valence-corrected chi connectivity index (χ3v) is 5.06. The Labute approximate surface area is 168 Å². The highest BCUT2D eigenvalue weighted by Crippen LogP contribution is 2.23. The highest BCUT2D eigenvalue weighted by Gasteiger charge is 2.17. The molecule has 3 rings (SSSR count). The Morgan fingerprint density at radius 1 is 1.21 bits per heavy atom. The van der Waals surface area contributed by atoms with Crippen molar-refractivity contribution >= 4 is 34.2 Å². The first-order valence-corrected chi connectivity index (χ1v) is 9.91. The van der Waals surface area contributed by atoms with Gasteiger partial charge in [-0.1, -0.05) is 19.3 Å². The van der Waals surface area contributed by atoms with Gasteiger partial charge in [-0.15, -0.1) is 0 Å². The monoisotopic (exact) mass is 403 g/mol. The molecule has 150 valence electrons. The van der Waals surface area contributed by atoms with Gasteiger partial charge in [-0.05, 0) is 56.6 Å². The molecule has 2 aromatic rings. The van der Waals surface area contributed by atoms with E-state index in [1.807, 2.05) is 6.92 Å². The fraction of sp³-hybridized carbons (Fsp3) is 0.450. The maximum Gasteiger partial charge on any atom is 0.336 e. The molecular weight excluding hydrogens is 378 g/mol. The number of nitrogens with one attached hydrogen (secondary N) is 3. The Morgan fingerprint density at radius 2 is 1.96 bits per heavy atom. The number of hydrazine groups is 1. The van der Waals surface area contributed by atoms with Gasteiger partial charge in [0, 0.05) is 23.6 Å². The van der Waals surface area contributed by atoms with E-state index in [1.54, 1.807) is 25.1 Å². The van der Waals surface area contributed by atoms with E-state index in [1.165, 1.54) is 25.3 Å². The quantitative estimate of drug-likeness (QED) is 0.411. The number of thiocarbonyl (C=S) groups is 1. The fourth-order valence-corrected chi connectivity index (χ4v) is 3.54. The molecule has 1 aromatic carbocycles. The van der Waals surface area contributed by atoms with Crippen molar-refractivity contribution in [2.24, 2.45) is 0 Å². The smallest absolute Gasteiger partial charge is 0.336 e. The van der Waals surface area contributed by atoms with Gasteiger partial charge in [-0.2, -0.15) is 0 Å². The van der Waals surface area contributed by atoms with Gasteiger partial charge >= 0.3 is 5.63 Å². The van der Waals surface area contributed by atoms with Gasteiger partial charge in [0.15, 0.2) is 11.2 Å². The molecule has 1 atom stereocenters. The average molecular weight is 404 g/mol. The topological polar surface area (TPSA) is 92.6 Å². The van der Waals surface area contributed by atoms with Crippen LogP contribution < -0.4 is 26.5 Å². The van der Waals surface area contributed by atoms with Gasteiger partial charge in [-0.25, -0.2) is 4.79 Å². The zero-order chi connectivity index (χ0) is 20.1. The van der Waals surface area contributed by atoms with E-state index < -0.39 is 11.7 Å². The van der Waals surface area contributed by atoms with Crippen LogP contribution in [0, 0.1) is 6.92 Å². The van der Waals surface area contributed by atoms with Crippen molar-refractivity contribution < 1.29 is 13.9 Å². The van der Waals surface area contributed by atoms with Crippen molar-refractivity contribution in [3.8, 4) is 5.75 Å². The molecule has 0 bridgehead atoms. The molecule has 0 radical (unpaired) electrons. The van der Waals surface area contributed by atoms with E-state index in [4.69, 9.17) is 21.4 Å². The summed E-state index contributed by atoms with van der Waals surface area (Å²) in [5.74, 6) is 0.0744. The van der Waals surface area contributed by atoms with Crippen LogP contribution in [0.3, 0.4) is 0 Å². The predicted octanol–water partition coefficient (Wildman–Crippen LogP) is 2.70. The molecule has 28 heavy (non-hydrogen) atoms. The molecule has 0 aliphatic heterocycles. The van der Waals surface area contributed by atoms with Crippen LogP contribution in [-0.4, -0.2) is 23.2 Å². The maximum atomic E-state index is 12.3. The fourth-order valence-electron chi connectivity index (χ4n) is 3.32. The summed E-state index contributed by atoms with van der Waals surface area (Å²) in [6.07, 6.45) is 5.08. The van der Waals surface area contributed by atoms with Gasteiger partial charge in [0.05, 0.1) is 0 Å². The first kappa shape index (κ1) is 20.1. The number of fused-ring (bicyclic) bond motifs is 1.